The van der Waals surface area contributed by atoms with Crippen LogP contribution in [0, 0.1) is 5.82 Å². The fraction of sp³-hybridized carbons (Fsp3) is 0.0714. The van der Waals surface area contributed by atoms with Gasteiger partial charge >= 0.3 is 6.18 Å². The summed E-state index contributed by atoms with van der Waals surface area (Å²) < 4.78 is 51.2. The van der Waals surface area contributed by atoms with Crippen LogP contribution >= 0.6 is 0 Å². The lowest BCUT2D eigenvalue weighted by atomic mass is 10.1. The van der Waals surface area contributed by atoms with Crippen LogP contribution in [0.15, 0.2) is 42.5 Å². The van der Waals surface area contributed by atoms with Crippen molar-refractivity contribution in [2.45, 2.75) is 6.18 Å². The molecule has 0 unspecified atom stereocenters. The van der Waals surface area contributed by atoms with Crippen molar-refractivity contribution in [2.75, 3.05) is 11.1 Å². The van der Waals surface area contributed by atoms with E-state index in [1.807, 2.05) is 0 Å². The molecule has 2 rings (SSSR count). The number of benzene rings is 2. The average Bonchev–Trinajstić information content (AvgIpc) is 2.37. The number of hydrogen-bond acceptors (Lipinski definition) is 2. The zero-order chi connectivity index (χ0) is 15.6. The van der Waals surface area contributed by atoms with Gasteiger partial charge < -0.3 is 11.1 Å². The van der Waals surface area contributed by atoms with Gasteiger partial charge in [-0.05, 0) is 36.4 Å². The summed E-state index contributed by atoms with van der Waals surface area (Å²) in [5.74, 6) is -1.70. The molecule has 0 saturated heterocycles. The van der Waals surface area contributed by atoms with E-state index in [0.29, 0.717) is 0 Å². The van der Waals surface area contributed by atoms with Crippen LogP contribution < -0.4 is 11.1 Å². The molecule has 0 saturated carbocycles. The van der Waals surface area contributed by atoms with E-state index in [2.05, 4.69) is 5.32 Å². The first kappa shape index (κ1) is 14.8. The zero-order valence-electron chi connectivity index (χ0n) is 10.5. The van der Waals surface area contributed by atoms with E-state index in [-0.39, 0.29) is 16.9 Å². The standard InChI is InChI=1S/C14H10F4N2O/c15-12-7-9(19)4-5-11(12)13(21)20-10-3-1-2-8(6-10)14(16,17)18/h1-7H,19H2,(H,20,21). The molecule has 0 fully saturated rings. The highest BCUT2D eigenvalue weighted by atomic mass is 19.4. The van der Waals surface area contributed by atoms with E-state index < -0.39 is 23.5 Å². The van der Waals surface area contributed by atoms with Crippen LogP contribution in [0.1, 0.15) is 15.9 Å². The van der Waals surface area contributed by atoms with Crippen molar-refractivity contribution in [1.82, 2.24) is 0 Å². The fourth-order valence-corrected chi connectivity index (χ4v) is 1.69. The van der Waals surface area contributed by atoms with Crippen LogP contribution in [0.5, 0.6) is 0 Å². The van der Waals surface area contributed by atoms with Crippen molar-refractivity contribution in [3.8, 4) is 0 Å². The molecule has 0 atom stereocenters. The second kappa shape index (κ2) is 5.43. The number of nitrogens with one attached hydrogen (secondary N) is 1. The van der Waals surface area contributed by atoms with Crippen LogP contribution in [0.2, 0.25) is 0 Å². The van der Waals surface area contributed by atoms with Crippen LogP contribution in [0.4, 0.5) is 28.9 Å². The van der Waals surface area contributed by atoms with Gasteiger partial charge in [-0.15, -0.1) is 0 Å². The van der Waals surface area contributed by atoms with E-state index in [1.54, 1.807) is 0 Å². The number of amides is 1. The van der Waals surface area contributed by atoms with Gasteiger partial charge in [0.05, 0.1) is 11.1 Å². The molecule has 1 amide bonds. The van der Waals surface area contributed by atoms with E-state index in [9.17, 15) is 22.4 Å². The predicted molar refractivity (Wildman–Crippen MR) is 70.2 cm³/mol. The number of rotatable bonds is 2. The van der Waals surface area contributed by atoms with E-state index in [4.69, 9.17) is 5.73 Å². The number of hydrogen-bond donors (Lipinski definition) is 2. The summed E-state index contributed by atoms with van der Waals surface area (Å²) in [6, 6.07) is 7.52. The molecule has 0 spiro atoms. The van der Waals surface area contributed by atoms with Gasteiger partial charge in [0, 0.05) is 11.4 Å². The van der Waals surface area contributed by atoms with E-state index in [0.717, 1.165) is 30.3 Å². The monoisotopic (exact) mass is 298 g/mol. The number of anilines is 2. The first-order valence-corrected chi connectivity index (χ1v) is 5.81. The molecule has 21 heavy (non-hydrogen) atoms. The second-order valence-corrected chi connectivity index (χ2v) is 4.27. The maximum Gasteiger partial charge on any atom is 0.416 e. The zero-order valence-corrected chi connectivity index (χ0v) is 10.5. The van der Waals surface area contributed by atoms with Gasteiger partial charge in [-0.25, -0.2) is 4.39 Å². The Morgan fingerprint density at radius 3 is 2.43 bits per heavy atom. The molecule has 7 heteroatoms. The van der Waals surface area contributed by atoms with Crippen molar-refractivity contribution in [1.29, 1.82) is 0 Å². The van der Waals surface area contributed by atoms with Crippen molar-refractivity contribution in [2.24, 2.45) is 0 Å². The predicted octanol–water partition coefficient (Wildman–Crippen LogP) is 3.68. The van der Waals surface area contributed by atoms with Gasteiger partial charge in [-0.2, -0.15) is 13.2 Å². The Balaban J connectivity index is 2.24. The summed E-state index contributed by atoms with van der Waals surface area (Å²) in [5.41, 5.74) is 4.21. The normalized spacial score (nSPS) is 11.2. The summed E-state index contributed by atoms with van der Waals surface area (Å²) in [5, 5.41) is 2.21. The van der Waals surface area contributed by atoms with Crippen LogP contribution in [0.3, 0.4) is 0 Å². The van der Waals surface area contributed by atoms with Gasteiger partial charge in [0.15, 0.2) is 0 Å². The first-order valence-electron chi connectivity index (χ1n) is 5.81. The number of alkyl halides is 3. The maximum atomic E-state index is 13.6. The third kappa shape index (κ3) is 3.50. The molecule has 0 aliphatic rings. The van der Waals surface area contributed by atoms with E-state index in [1.165, 1.54) is 12.1 Å². The van der Waals surface area contributed by atoms with Gasteiger partial charge in [-0.1, -0.05) is 6.07 Å². The molecule has 0 bridgehead atoms. The lowest BCUT2D eigenvalue weighted by molar-refractivity contribution is -0.137. The SMILES string of the molecule is Nc1ccc(C(=O)Nc2cccc(C(F)(F)F)c2)c(F)c1. The van der Waals surface area contributed by atoms with Crippen LogP contribution in [0.25, 0.3) is 0 Å². The molecule has 3 N–H and O–H groups in total. The third-order valence-electron chi connectivity index (χ3n) is 2.69. The first-order chi connectivity index (χ1) is 9.77. The third-order valence-corrected chi connectivity index (χ3v) is 2.69. The quantitative estimate of drug-likeness (QED) is 0.656. The molecule has 0 aliphatic carbocycles. The number of nitrogens with two attached hydrogens (primary N) is 1. The molecule has 2 aromatic carbocycles. The Labute approximate surface area is 117 Å². The Bertz CT molecular complexity index is 683. The van der Waals surface area contributed by atoms with Crippen LogP contribution in [-0.2, 0) is 6.18 Å². The second-order valence-electron chi connectivity index (χ2n) is 4.27. The van der Waals surface area contributed by atoms with Crippen molar-refractivity contribution in [3.05, 3.63) is 59.4 Å². The van der Waals surface area contributed by atoms with Gasteiger partial charge in [-0.3, -0.25) is 4.79 Å². The van der Waals surface area contributed by atoms with Crippen molar-refractivity contribution < 1.29 is 22.4 Å². The Morgan fingerprint density at radius 1 is 1.10 bits per heavy atom. The van der Waals surface area contributed by atoms with Gasteiger partial charge in [0.2, 0.25) is 0 Å². The largest absolute Gasteiger partial charge is 0.416 e. The highest BCUT2D eigenvalue weighted by molar-refractivity contribution is 6.04. The summed E-state index contributed by atoms with van der Waals surface area (Å²) in [7, 11) is 0. The van der Waals surface area contributed by atoms with Crippen molar-refractivity contribution in [3.63, 3.8) is 0 Å². The van der Waals surface area contributed by atoms with Crippen molar-refractivity contribution >= 4 is 17.3 Å². The van der Waals surface area contributed by atoms with Crippen LogP contribution in [-0.4, -0.2) is 5.91 Å². The fourth-order valence-electron chi connectivity index (χ4n) is 1.69. The summed E-state index contributed by atoms with van der Waals surface area (Å²) in [4.78, 5) is 11.8. The molecule has 0 heterocycles. The minimum Gasteiger partial charge on any atom is -0.399 e. The average molecular weight is 298 g/mol. The molecule has 2 aromatic rings. The Hall–Kier alpha value is -2.57. The minimum atomic E-state index is -4.52. The summed E-state index contributed by atoms with van der Waals surface area (Å²) >= 11 is 0. The molecule has 0 radical (unpaired) electrons. The molecule has 0 aliphatic heterocycles. The molecular formula is C14H10F4N2O. The Kier molecular flexibility index (Phi) is 3.84. The summed E-state index contributed by atoms with van der Waals surface area (Å²) in [6.45, 7) is 0. The lowest BCUT2D eigenvalue weighted by Crippen LogP contribution is -2.15. The molecule has 0 aromatic heterocycles. The molecule has 110 valence electrons. The van der Waals surface area contributed by atoms with Gasteiger partial charge in [0.25, 0.3) is 5.91 Å². The summed E-state index contributed by atoms with van der Waals surface area (Å²) in [6.07, 6.45) is -4.52. The smallest absolute Gasteiger partial charge is 0.399 e. The topological polar surface area (TPSA) is 55.1 Å². The number of nitrogen functional groups attached to an aromatic ring is 1. The minimum absolute atomic E-state index is 0.0777. The van der Waals surface area contributed by atoms with E-state index >= 15 is 0 Å². The highest BCUT2D eigenvalue weighted by Crippen LogP contribution is 2.30. The number of carbonyl (C=O) groups excluding carboxylic acids is 1. The van der Waals surface area contributed by atoms with Gasteiger partial charge in [0.1, 0.15) is 5.82 Å². The highest BCUT2D eigenvalue weighted by Gasteiger charge is 2.30. The number of halogens is 4. The lowest BCUT2D eigenvalue weighted by Gasteiger charge is -2.10. The maximum absolute atomic E-state index is 13.6. The molecule has 3 nitrogen and oxygen atoms in total. The molecular weight excluding hydrogens is 288 g/mol. The Morgan fingerprint density at radius 2 is 1.81 bits per heavy atom. The number of carbonyl (C=O) groups is 1.